The molecule has 1 N–H and O–H groups in total. The Morgan fingerprint density at radius 2 is 1.83 bits per heavy atom. The summed E-state index contributed by atoms with van der Waals surface area (Å²) < 4.78 is 0. The molecule has 0 amide bonds. The fourth-order valence-corrected chi connectivity index (χ4v) is 2.16. The van der Waals surface area contributed by atoms with Gasteiger partial charge in [-0.3, -0.25) is 4.98 Å². The lowest BCUT2D eigenvalue weighted by Crippen LogP contribution is -2.19. The number of aryl methyl sites for hydroxylation is 2. The number of benzene rings is 1. The summed E-state index contributed by atoms with van der Waals surface area (Å²) >= 11 is 0. The molecule has 0 aliphatic heterocycles. The first-order valence-corrected chi connectivity index (χ1v) is 6.44. The number of aromatic nitrogens is 1. The molecule has 1 aromatic heterocycles. The maximum Gasteiger partial charge on any atom is 0.0749 e. The molecule has 1 aromatic carbocycles. The van der Waals surface area contributed by atoms with Crippen molar-refractivity contribution in [3.8, 4) is 0 Å². The third kappa shape index (κ3) is 2.77. The van der Waals surface area contributed by atoms with Crippen LogP contribution in [0.5, 0.6) is 0 Å². The molecule has 2 aromatic rings. The van der Waals surface area contributed by atoms with Crippen molar-refractivity contribution >= 4 is 0 Å². The van der Waals surface area contributed by atoms with Gasteiger partial charge in [0.25, 0.3) is 0 Å². The van der Waals surface area contributed by atoms with Crippen molar-refractivity contribution in [1.29, 1.82) is 0 Å². The van der Waals surface area contributed by atoms with Crippen LogP contribution in [-0.4, -0.2) is 12.0 Å². The summed E-state index contributed by atoms with van der Waals surface area (Å²) in [5.74, 6) is 0. The van der Waals surface area contributed by atoms with E-state index in [1.807, 2.05) is 20.0 Å². The number of nitrogens with zero attached hydrogens (tertiary/aromatic N) is 1. The average Bonchev–Trinajstić information content (AvgIpc) is 2.40. The Kier molecular flexibility index (Phi) is 4.11. The van der Waals surface area contributed by atoms with Crippen molar-refractivity contribution in [2.45, 2.75) is 26.3 Å². The zero-order chi connectivity index (χ0) is 13.0. The van der Waals surface area contributed by atoms with Gasteiger partial charge in [-0.1, -0.05) is 37.3 Å². The van der Waals surface area contributed by atoms with Crippen molar-refractivity contribution in [1.82, 2.24) is 10.3 Å². The van der Waals surface area contributed by atoms with E-state index in [1.54, 1.807) is 0 Å². The van der Waals surface area contributed by atoms with E-state index >= 15 is 0 Å². The zero-order valence-electron chi connectivity index (χ0n) is 11.3. The molecule has 0 bridgehead atoms. The molecule has 1 heterocycles. The lowest BCUT2D eigenvalue weighted by atomic mass is 10.0. The van der Waals surface area contributed by atoms with Crippen LogP contribution in [0.25, 0.3) is 0 Å². The second-order valence-corrected chi connectivity index (χ2v) is 4.52. The van der Waals surface area contributed by atoms with Crippen molar-refractivity contribution in [3.63, 3.8) is 0 Å². The van der Waals surface area contributed by atoms with Crippen LogP contribution in [0.15, 0.2) is 42.5 Å². The smallest absolute Gasteiger partial charge is 0.0749 e. The lowest BCUT2D eigenvalue weighted by molar-refractivity contribution is 0.668. The van der Waals surface area contributed by atoms with Crippen LogP contribution in [0.3, 0.4) is 0 Å². The quantitative estimate of drug-likeness (QED) is 0.887. The van der Waals surface area contributed by atoms with Crippen LogP contribution in [0.1, 0.15) is 35.5 Å². The molecule has 2 nitrogen and oxygen atoms in total. The van der Waals surface area contributed by atoms with Gasteiger partial charge in [0, 0.05) is 5.69 Å². The first-order chi connectivity index (χ1) is 8.74. The summed E-state index contributed by atoms with van der Waals surface area (Å²) in [6, 6.07) is 15.1. The Hall–Kier alpha value is -1.67. The number of nitrogens with one attached hydrogen (secondary N) is 1. The molecule has 2 rings (SSSR count). The molecular formula is C16H20N2. The molecule has 94 valence electrons. The Morgan fingerprint density at radius 3 is 2.39 bits per heavy atom. The highest BCUT2D eigenvalue weighted by atomic mass is 14.9. The van der Waals surface area contributed by atoms with Gasteiger partial charge in [-0.25, -0.2) is 0 Å². The first kappa shape index (κ1) is 12.8. The normalized spacial score (nSPS) is 12.4. The van der Waals surface area contributed by atoms with Crippen LogP contribution in [0.4, 0.5) is 0 Å². The summed E-state index contributed by atoms with van der Waals surface area (Å²) in [6.07, 6.45) is 1.08. The highest BCUT2D eigenvalue weighted by Gasteiger charge is 2.12. The molecule has 1 atom stereocenters. The van der Waals surface area contributed by atoms with E-state index in [1.165, 1.54) is 11.1 Å². The monoisotopic (exact) mass is 240 g/mol. The minimum absolute atomic E-state index is 0.163. The largest absolute Gasteiger partial charge is 0.308 e. The van der Waals surface area contributed by atoms with E-state index < -0.39 is 0 Å². The third-order valence-electron chi connectivity index (χ3n) is 3.22. The minimum atomic E-state index is 0.163. The fourth-order valence-electron chi connectivity index (χ4n) is 2.16. The molecule has 0 radical (unpaired) electrons. The van der Waals surface area contributed by atoms with Gasteiger partial charge < -0.3 is 5.32 Å². The van der Waals surface area contributed by atoms with Crippen molar-refractivity contribution in [2.75, 3.05) is 7.05 Å². The second-order valence-electron chi connectivity index (χ2n) is 4.52. The number of hydrogen-bond donors (Lipinski definition) is 1. The molecule has 1 unspecified atom stereocenters. The van der Waals surface area contributed by atoms with Crippen molar-refractivity contribution in [3.05, 3.63) is 65.0 Å². The van der Waals surface area contributed by atoms with E-state index in [0.717, 1.165) is 17.8 Å². The summed E-state index contributed by atoms with van der Waals surface area (Å²) in [4.78, 5) is 4.60. The molecule has 2 heteroatoms. The Bertz CT molecular complexity index is 503. The highest BCUT2D eigenvalue weighted by molar-refractivity contribution is 5.31. The van der Waals surface area contributed by atoms with Gasteiger partial charge in [0.1, 0.15) is 0 Å². The van der Waals surface area contributed by atoms with Gasteiger partial charge in [-0.15, -0.1) is 0 Å². The molecule has 0 saturated carbocycles. The van der Waals surface area contributed by atoms with E-state index in [2.05, 4.69) is 53.6 Å². The molecule has 0 fully saturated rings. The average molecular weight is 240 g/mol. The van der Waals surface area contributed by atoms with E-state index in [0.29, 0.717) is 0 Å². The minimum Gasteiger partial charge on any atom is -0.308 e. The zero-order valence-corrected chi connectivity index (χ0v) is 11.3. The van der Waals surface area contributed by atoms with Crippen LogP contribution in [0, 0.1) is 6.92 Å². The van der Waals surface area contributed by atoms with E-state index in [9.17, 15) is 0 Å². The Balaban J connectivity index is 2.32. The third-order valence-corrected chi connectivity index (χ3v) is 3.22. The maximum atomic E-state index is 4.60. The van der Waals surface area contributed by atoms with Gasteiger partial charge in [0.05, 0.1) is 11.7 Å². The predicted octanol–water partition coefficient (Wildman–Crippen LogP) is 3.26. The topological polar surface area (TPSA) is 24.9 Å². The van der Waals surface area contributed by atoms with E-state index in [-0.39, 0.29) is 6.04 Å². The SMILES string of the molecule is CCc1ccc(C(NC)c2cccc(C)n2)cc1. The Labute approximate surface area is 109 Å². The van der Waals surface area contributed by atoms with Crippen LogP contribution in [0.2, 0.25) is 0 Å². The summed E-state index contributed by atoms with van der Waals surface area (Å²) in [6.45, 7) is 4.20. The summed E-state index contributed by atoms with van der Waals surface area (Å²) in [7, 11) is 1.97. The predicted molar refractivity (Wildman–Crippen MR) is 75.7 cm³/mol. The maximum absolute atomic E-state index is 4.60. The second kappa shape index (κ2) is 5.78. The van der Waals surface area contributed by atoms with Crippen LogP contribution >= 0.6 is 0 Å². The van der Waals surface area contributed by atoms with Gasteiger partial charge in [-0.05, 0) is 43.7 Å². The summed E-state index contributed by atoms with van der Waals surface area (Å²) in [5, 5.41) is 3.34. The van der Waals surface area contributed by atoms with Crippen LogP contribution < -0.4 is 5.32 Å². The molecule has 0 aliphatic rings. The van der Waals surface area contributed by atoms with Gasteiger partial charge in [0.2, 0.25) is 0 Å². The van der Waals surface area contributed by atoms with Gasteiger partial charge in [0.15, 0.2) is 0 Å². The van der Waals surface area contributed by atoms with Crippen LogP contribution in [-0.2, 0) is 6.42 Å². The molecule has 18 heavy (non-hydrogen) atoms. The first-order valence-electron chi connectivity index (χ1n) is 6.44. The standard InChI is InChI=1S/C16H20N2/c1-4-13-8-10-14(11-9-13)16(17-3)15-7-5-6-12(2)18-15/h5-11,16-17H,4H2,1-3H3. The molecule has 0 spiro atoms. The lowest BCUT2D eigenvalue weighted by Gasteiger charge is -2.17. The van der Waals surface area contributed by atoms with Gasteiger partial charge >= 0.3 is 0 Å². The van der Waals surface area contributed by atoms with Gasteiger partial charge in [-0.2, -0.15) is 0 Å². The molecule has 0 aliphatic carbocycles. The fraction of sp³-hybridized carbons (Fsp3) is 0.312. The number of hydrogen-bond acceptors (Lipinski definition) is 2. The summed E-state index contributed by atoms with van der Waals surface area (Å²) in [5.41, 5.74) is 4.75. The molecule has 0 saturated heterocycles. The number of pyridine rings is 1. The molecular weight excluding hydrogens is 220 g/mol. The number of rotatable bonds is 4. The van der Waals surface area contributed by atoms with Crippen molar-refractivity contribution < 1.29 is 0 Å². The highest BCUT2D eigenvalue weighted by Crippen LogP contribution is 2.20. The Morgan fingerprint density at radius 1 is 1.11 bits per heavy atom. The van der Waals surface area contributed by atoms with Crippen molar-refractivity contribution in [2.24, 2.45) is 0 Å². The van der Waals surface area contributed by atoms with E-state index in [4.69, 9.17) is 0 Å².